The van der Waals surface area contributed by atoms with Crippen molar-refractivity contribution in [3.8, 4) is 0 Å². The molecule has 0 amide bonds. The monoisotopic (exact) mass is 143 g/mol. The van der Waals surface area contributed by atoms with Crippen LogP contribution in [0.15, 0.2) is 0 Å². The van der Waals surface area contributed by atoms with Crippen LogP contribution >= 0.6 is 0 Å². The van der Waals surface area contributed by atoms with E-state index in [0.717, 1.165) is 19.4 Å². The van der Waals surface area contributed by atoms with Gasteiger partial charge in [0, 0.05) is 12.6 Å². The molecule has 0 bridgehead atoms. The Hall–Kier alpha value is -0.0800. The van der Waals surface area contributed by atoms with Crippen LogP contribution in [0.4, 0.5) is 0 Å². The van der Waals surface area contributed by atoms with Gasteiger partial charge in [0.1, 0.15) is 0 Å². The molecule has 1 heterocycles. The second kappa shape index (κ2) is 3.35. The Bertz CT molecular complexity index is 105. The van der Waals surface area contributed by atoms with Gasteiger partial charge in [-0.15, -0.1) is 0 Å². The highest BCUT2D eigenvalue weighted by molar-refractivity contribution is 4.80. The Morgan fingerprint density at radius 3 is 2.80 bits per heavy atom. The molecule has 60 valence electrons. The Morgan fingerprint density at radius 2 is 2.30 bits per heavy atom. The Kier molecular flexibility index (Phi) is 2.69. The van der Waals surface area contributed by atoms with Crippen molar-refractivity contribution in [2.45, 2.75) is 38.8 Å². The van der Waals surface area contributed by atoms with E-state index in [4.69, 9.17) is 0 Å². The lowest BCUT2D eigenvalue weighted by molar-refractivity contribution is 0.0619. The maximum Gasteiger partial charge on any atom is 0.0595 e. The summed E-state index contributed by atoms with van der Waals surface area (Å²) in [5, 5.41) is 12.9. The van der Waals surface area contributed by atoms with Gasteiger partial charge in [-0.05, 0) is 25.7 Å². The Morgan fingerprint density at radius 1 is 1.60 bits per heavy atom. The van der Waals surface area contributed by atoms with Crippen LogP contribution in [-0.2, 0) is 0 Å². The van der Waals surface area contributed by atoms with Crippen LogP contribution in [-0.4, -0.2) is 23.8 Å². The first kappa shape index (κ1) is 8.02. The minimum absolute atomic E-state index is 0.0683. The largest absolute Gasteiger partial charge is 0.393 e. The van der Waals surface area contributed by atoms with Gasteiger partial charge in [0.15, 0.2) is 0 Å². The lowest BCUT2D eigenvalue weighted by atomic mass is 9.90. The number of hydrogen-bond donors (Lipinski definition) is 2. The molecule has 0 radical (unpaired) electrons. The van der Waals surface area contributed by atoms with E-state index in [2.05, 4.69) is 19.2 Å². The van der Waals surface area contributed by atoms with E-state index in [-0.39, 0.29) is 6.10 Å². The molecular weight excluding hydrogens is 126 g/mol. The van der Waals surface area contributed by atoms with Gasteiger partial charge in [0.2, 0.25) is 0 Å². The highest BCUT2D eigenvalue weighted by Crippen LogP contribution is 2.17. The summed E-state index contributed by atoms with van der Waals surface area (Å²) in [6.45, 7) is 5.24. The van der Waals surface area contributed by atoms with Crippen LogP contribution in [0.25, 0.3) is 0 Å². The number of piperidine rings is 1. The smallest absolute Gasteiger partial charge is 0.0595 e. The van der Waals surface area contributed by atoms with Crippen molar-refractivity contribution in [3.05, 3.63) is 0 Å². The molecule has 0 unspecified atom stereocenters. The molecule has 0 aromatic heterocycles. The molecule has 2 N–H and O–H groups in total. The fourth-order valence-electron chi connectivity index (χ4n) is 1.54. The molecule has 10 heavy (non-hydrogen) atoms. The molecule has 3 atom stereocenters. The van der Waals surface area contributed by atoms with Crippen molar-refractivity contribution in [1.29, 1.82) is 0 Å². The van der Waals surface area contributed by atoms with Gasteiger partial charge in [0.25, 0.3) is 0 Å². The van der Waals surface area contributed by atoms with E-state index >= 15 is 0 Å². The molecule has 0 aromatic carbocycles. The predicted octanol–water partition coefficient (Wildman–Crippen LogP) is 0.755. The van der Waals surface area contributed by atoms with E-state index in [1.165, 1.54) is 0 Å². The number of hydrogen-bond acceptors (Lipinski definition) is 2. The molecule has 2 heteroatoms. The lowest BCUT2D eigenvalue weighted by Crippen LogP contribution is -2.44. The SMILES string of the molecule is CC[C@@H]1CN[C@@H](C)C[C@H]1O. The van der Waals surface area contributed by atoms with Crippen molar-refractivity contribution in [3.63, 3.8) is 0 Å². The predicted molar refractivity (Wildman–Crippen MR) is 41.9 cm³/mol. The van der Waals surface area contributed by atoms with E-state index in [0.29, 0.717) is 12.0 Å². The maximum absolute atomic E-state index is 9.50. The first-order valence-electron chi connectivity index (χ1n) is 4.15. The molecule has 0 aliphatic carbocycles. The summed E-state index contributed by atoms with van der Waals surface area (Å²) >= 11 is 0. The van der Waals surface area contributed by atoms with Crippen molar-refractivity contribution in [2.24, 2.45) is 5.92 Å². The van der Waals surface area contributed by atoms with Crippen molar-refractivity contribution in [2.75, 3.05) is 6.54 Å². The topological polar surface area (TPSA) is 32.3 Å². The summed E-state index contributed by atoms with van der Waals surface area (Å²) in [5.74, 6) is 0.483. The van der Waals surface area contributed by atoms with Gasteiger partial charge in [-0.3, -0.25) is 0 Å². The highest BCUT2D eigenvalue weighted by Gasteiger charge is 2.24. The second-order valence-corrected chi connectivity index (χ2v) is 3.28. The molecule has 1 rings (SSSR count). The third-order valence-corrected chi connectivity index (χ3v) is 2.39. The fraction of sp³-hybridized carbons (Fsp3) is 1.00. The highest BCUT2D eigenvalue weighted by atomic mass is 16.3. The number of rotatable bonds is 1. The van der Waals surface area contributed by atoms with E-state index < -0.39 is 0 Å². The van der Waals surface area contributed by atoms with Gasteiger partial charge in [0.05, 0.1) is 6.10 Å². The van der Waals surface area contributed by atoms with E-state index in [9.17, 15) is 5.11 Å². The summed E-state index contributed by atoms with van der Waals surface area (Å²) in [4.78, 5) is 0. The van der Waals surface area contributed by atoms with Gasteiger partial charge in [-0.1, -0.05) is 6.92 Å². The minimum atomic E-state index is -0.0683. The molecule has 1 aliphatic rings. The average Bonchev–Trinajstić information content (AvgIpc) is 1.88. The van der Waals surface area contributed by atoms with Crippen molar-refractivity contribution >= 4 is 0 Å². The molecule has 1 fully saturated rings. The minimum Gasteiger partial charge on any atom is -0.393 e. The van der Waals surface area contributed by atoms with Crippen LogP contribution in [0, 0.1) is 5.92 Å². The maximum atomic E-state index is 9.50. The van der Waals surface area contributed by atoms with Crippen molar-refractivity contribution < 1.29 is 5.11 Å². The zero-order valence-electron chi connectivity index (χ0n) is 6.80. The number of aliphatic hydroxyl groups excluding tert-OH is 1. The quantitative estimate of drug-likeness (QED) is 0.568. The van der Waals surface area contributed by atoms with Gasteiger partial charge in [-0.25, -0.2) is 0 Å². The summed E-state index contributed by atoms with van der Waals surface area (Å²) in [7, 11) is 0. The fourth-order valence-corrected chi connectivity index (χ4v) is 1.54. The van der Waals surface area contributed by atoms with Gasteiger partial charge in [-0.2, -0.15) is 0 Å². The summed E-state index contributed by atoms with van der Waals surface area (Å²) < 4.78 is 0. The van der Waals surface area contributed by atoms with Crippen LogP contribution < -0.4 is 5.32 Å². The second-order valence-electron chi connectivity index (χ2n) is 3.28. The number of aliphatic hydroxyl groups is 1. The van der Waals surface area contributed by atoms with Crippen molar-refractivity contribution in [1.82, 2.24) is 5.32 Å². The first-order valence-corrected chi connectivity index (χ1v) is 4.15. The zero-order valence-corrected chi connectivity index (χ0v) is 6.80. The standard InChI is InChI=1S/C8H17NO/c1-3-7-5-9-6(2)4-8(7)10/h6-10H,3-5H2,1-2H3/t6-,7+,8+/m0/s1. The number of nitrogens with one attached hydrogen (secondary N) is 1. The molecular formula is C8H17NO. The summed E-state index contributed by atoms with van der Waals surface area (Å²) in [5.41, 5.74) is 0. The van der Waals surface area contributed by atoms with E-state index in [1.54, 1.807) is 0 Å². The molecule has 0 aromatic rings. The van der Waals surface area contributed by atoms with Gasteiger partial charge >= 0.3 is 0 Å². The van der Waals surface area contributed by atoms with Crippen LogP contribution in [0.1, 0.15) is 26.7 Å². The average molecular weight is 143 g/mol. The molecule has 2 nitrogen and oxygen atoms in total. The van der Waals surface area contributed by atoms with Crippen LogP contribution in [0.2, 0.25) is 0 Å². The third-order valence-electron chi connectivity index (χ3n) is 2.39. The summed E-state index contributed by atoms with van der Waals surface area (Å²) in [6, 6.07) is 0.498. The summed E-state index contributed by atoms with van der Waals surface area (Å²) in [6.07, 6.45) is 1.93. The third kappa shape index (κ3) is 1.70. The van der Waals surface area contributed by atoms with Crippen LogP contribution in [0.5, 0.6) is 0 Å². The van der Waals surface area contributed by atoms with Crippen LogP contribution in [0.3, 0.4) is 0 Å². The first-order chi connectivity index (χ1) is 4.74. The zero-order chi connectivity index (χ0) is 7.56. The molecule has 0 saturated carbocycles. The lowest BCUT2D eigenvalue weighted by Gasteiger charge is -2.31. The molecule has 0 spiro atoms. The molecule has 1 aliphatic heterocycles. The van der Waals surface area contributed by atoms with E-state index in [1.807, 2.05) is 0 Å². The Balaban J connectivity index is 2.36. The van der Waals surface area contributed by atoms with Gasteiger partial charge < -0.3 is 10.4 Å². The normalized spacial score (nSPS) is 41.7. The molecule has 1 saturated heterocycles. The Labute approximate surface area is 62.6 Å².